The molecule has 0 spiro atoms. The summed E-state index contributed by atoms with van der Waals surface area (Å²) in [7, 11) is -7.88. The van der Waals surface area contributed by atoms with Crippen LogP contribution < -0.4 is 22.9 Å². The van der Waals surface area contributed by atoms with Crippen molar-refractivity contribution in [3.05, 3.63) is 144 Å². The maximum Gasteiger partial charge on any atom is 0.427 e. The molecule has 0 fully saturated rings. The highest BCUT2D eigenvalue weighted by Crippen LogP contribution is 2.78. The Hall–Kier alpha value is -1.20. The third-order valence-corrected chi connectivity index (χ3v) is 15.9. The van der Waals surface area contributed by atoms with Gasteiger partial charge < -0.3 is 22.9 Å². The molecule has 2 atom stereocenters. The van der Waals surface area contributed by atoms with E-state index in [-0.39, 0.29) is 0 Å². The number of rotatable bonds is 10. The van der Waals surface area contributed by atoms with Crippen molar-refractivity contribution in [2.75, 3.05) is 0 Å². The van der Waals surface area contributed by atoms with Gasteiger partial charge in [0.1, 0.15) is 28.7 Å². The number of halogens is 6. The normalized spacial score (nSPS) is 17.7. The quantitative estimate of drug-likeness (QED) is 0.102. The molecule has 47 heavy (non-hydrogen) atoms. The molecule has 0 saturated carbocycles. The van der Waals surface area contributed by atoms with E-state index in [1.165, 1.54) is 8.56 Å². The fourth-order valence-electron chi connectivity index (χ4n) is 3.88. The summed E-state index contributed by atoms with van der Waals surface area (Å²) in [6.07, 6.45) is 0. The zero-order valence-electron chi connectivity index (χ0n) is 23.5. The van der Waals surface area contributed by atoms with Crippen molar-refractivity contribution in [3.8, 4) is 28.7 Å². The molecule has 0 bridgehead atoms. The Morgan fingerprint density at radius 1 is 0.532 bits per heavy atom. The first kappa shape index (κ1) is 35.6. The number of hydrogen-bond acceptors (Lipinski definition) is 8. The predicted octanol–water partition coefficient (Wildman–Crippen LogP) is 14.3. The van der Waals surface area contributed by atoms with Crippen molar-refractivity contribution in [2.24, 2.45) is 4.52 Å². The van der Waals surface area contributed by atoms with Crippen LogP contribution in [-0.4, -0.2) is 8.56 Å². The van der Waals surface area contributed by atoms with E-state index in [4.69, 9.17) is 39.2 Å². The summed E-state index contributed by atoms with van der Waals surface area (Å²) in [6.45, 7) is 0. The van der Waals surface area contributed by atoms with Crippen LogP contribution in [0.15, 0.2) is 148 Å². The van der Waals surface area contributed by atoms with Crippen LogP contribution in [0.25, 0.3) is 0 Å². The maximum atomic E-state index is 7.38. The van der Waals surface area contributed by atoms with Crippen LogP contribution in [0.2, 0.25) is 0 Å². The van der Waals surface area contributed by atoms with E-state index in [9.17, 15) is 0 Å². The highest BCUT2D eigenvalue weighted by Gasteiger charge is 2.55. The SMILES string of the molecule is ClN1P(Oc2cccc(Br)c2)N(Oc2cccc(Br)c2)P(Oc2cccc(Br)c2)N=P1(Oc1cccc(Br)c1)Oc1cccc(Br)c1. The Kier molecular flexibility index (Phi) is 12.3. The van der Waals surface area contributed by atoms with E-state index < -0.39 is 24.6 Å². The molecule has 0 N–H and O–H groups in total. The molecule has 1 heterocycles. The molecule has 0 saturated heterocycles. The standard InChI is InChI=1S/C30H20Br5ClN3O5P3/c31-21-6-1-11-26(16-21)40-39-45(41-27-12-2-7-22(32)17-27)37-47(43-29-14-4-9-24(34)19-29,44-30-15-5-10-25(35)20-30)38(36)46(39)42-28-13-3-8-23(33)18-28/h1-20H. The Balaban J connectivity index is 1.55. The second-order valence-electron chi connectivity index (χ2n) is 9.32. The Labute approximate surface area is 321 Å². The van der Waals surface area contributed by atoms with Crippen LogP contribution in [-0.2, 0) is 0 Å². The molecule has 8 nitrogen and oxygen atoms in total. The summed E-state index contributed by atoms with van der Waals surface area (Å²) in [5, 5.41) is 0. The van der Waals surface area contributed by atoms with Gasteiger partial charge in [0.25, 0.3) is 0 Å². The first-order valence-corrected chi connectivity index (χ1v) is 21.5. The molecule has 0 radical (unpaired) electrons. The van der Waals surface area contributed by atoms with Crippen molar-refractivity contribution >= 4 is 116 Å². The van der Waals surface area contributed by atoms with E-state index in [1.807, 2.05) is 109 Å². The van der Waals surface area contributed by atoms with E-state index >= 15 is 0 Å². The monoisotopic (exact) mass is 1020 g/mol. The van der Waals surface area contributed by atoms with Crippen LogP contribution >= 0.6 is 116 Å². The van der Waals surface area contributed by atoms with Gasteiger partial charge in [-0.25, -0.2) is 0 Å². The predicted molar refractivity (Wildman–Crippen MR) is 207 cm³/mol. The van der Waals surface area contributed by atoms with Gasteiger partial charge in [0.2, 0.25) is 0 Å². The third kappa shape index (κ3) is 9.33. The first-order valence-electron chi connectivity index (χ1n) is 13.4. The summed E-state index contributed by atoms with van der Waals surface area (Å²) in [6, 6.07) is 37.0. The van der Waals surface area contributed by atoms with E-state index in [2.05, 4.69) is 79.6 Å². The van der Waals surface area contributed by atoms with Crippen LogP contribution in [0.4, 0.5) is 0 Å². The summed E-state index contributed by atoms with van der Waals surface area (Å²) >= 11 is 25.1. The Morgan fingerprint density at radius 3 is 1.38 bits per heavy atom. The van der Waals surface area contributed by atoms with Gasteiger partial charge in [-0.1, -0.05) is 110 Å². The molecular formula is C30H20Br5ClN3O5P3. The van der Waals surface area contributed by atoms with E-state index in [0.717, 1.165) is 22.4 Å². The van der Waals surface area contributed by atoms with Gasteiger partial charge in [-0.2, -0.15) is 0 Å². The Bertz CT molecular complexity index is 1900. The van der Waals surface area contributed by atoms with Crippen LogP contribution in [0.3, 0.4) is 0 Å². The lowest BCUT2D eigenvalue weighted by Gasteiger charge is -2.42. The number of nitrogens with zero attached hydrogens (tertiary/aromatic N) is 3. The van der Waals surface area contributed by atoms with Crippen molar-refractivity contribution in [1.29, 1.82) is 0 Å². The minimum atomic E-state index is -3.69. The van der Waals surface area contributed by atoms with Crippen molar-refractivity contribution in [1.82, 2.24) is 8.56 Å². The molecule has 2 unspecified atom stereocenters. The van der Waals surface area contributed by atoms with Gasteiger partial charge in [-0.15, -0.1) is 4.52 Å². The first-order chi connectivity index (χ1) is 22.7. The smallest absolute Gasteiger partial charge is 0.427 e. The van der Waals surface area contributed by atoms with E-state index in [0.29, 0.717) is 28.7 Å². The molecule has 5 aromatic rings. The second-order valence-corrected chi connectivity index (χ2v) is 20.3. The van der Waals surface area contributed by atoms with Crippen molar-refractivity contribution in [2.45, 2.75) is 0 Å². The van der Waals surface area contributed by atoms with Crippen LogP contribution in [0.5, 0.6) is 28.7 Å². The average Bonchev–Trinajstić information content (AvgIpc) is 3.02. The van der Waals surface area contributed by atoms with Gasteiger partial charge in [0.15, 0.2) is 0 Å². The molecule has 6 rings (SSSR count). The zero-order chi connectivity index (χ0) is 33.0. The van der Waals surface area contributed by atoms with Crippen LogP contribution in [0.1, 0.15) is 0 Å². The largest absolute Gasteiger partial charge is 0.441 e. The molecule has 0 aliphatic carbocycles. The fraction of sp³-hybridized carbons (Fsp3) is 0. The summed E-state index contributed by atoms with van der Waals surface area (Å²) < 4.78 is 38.8. The lowest BCUT2D eigenvalue weighted by atomic mass is 10.3. The minimum Gasteiger partial charge on any atom is -0.441 e. The lowest BCUT2D eigenvalue weighted by Crippen LogP contribution is -2.31. The zero-order valence-corrected chi connectivity index (χ0v) is 34.9. The third-order valence-electron chi connectivity index (χ3n) is 5.82. The molecule has 1 aliphatic rings. The minimum absolute atomic E-state index is 0.466. The second kappa shape index (κ2) is 16.2. The van der Waals surface area contributed by atoms with Gasteiger partial charge in [-0.3, -0.25) is 0 Å². The van der Waals surface area contributed by atoms with Gasteiger partial charge in [-0.05, 0) is 107 Å². The average molecular weight is 1030 g/mol. The number of hydrogen-bond donors (Lipinski definition) is 0. The highest BCUT2D eigenvalue weighted by molar-refractivity contribution is 9.11. The molecule has 17 heteroatoms. The molecule has 1 aliphatic heterocycles. The van der Waals surface area contributed by atoms with E-state index in [1.54, 1.807) is 12.1 Å². The molecular weight excluding hydrogens is 1010 g/mol. The van der Waals surface area contributed by atoms with Crippen molar-refractivity contribution in [3.63, 3.8) is 0 Å². The lowest BCUT2D eigenvalue weighted by molar-refractivity contribution is 0.115. The van der Waals surface area contributed by atoms with Gasteiger partial charge in [0.05, 0.1) is 0 Å². The fourth-order valence-corrected chi connectivity index (χ4v) is 13.7. The summed E-state index contributed by atoms with van der Waals surface area (Å²) in [5.41, 5.74) is 0. The Morgan fingerprint density at radius 2 is 0.915 bits per heavy atom. The molecule has 0 amide bonds. The molecule has 0 aromatic heterocycles. The number of benzene rings is 5. The van der Waals surface area contributed by atoms with Crippen molar-refractivity contribution < 1.29 is 22.9 Å². The van der Waals surface area contributed by atoms with Gasteiger partial charge in [0, 0.05) is 27.0 Å². The van der Waals surface area contributed by atoms with Crippen LogP contribution in [0, 0.1) is 0 Å². The molecule has 5 aromatic carbocycles. The summed E-state index contributed by atoms with van der Waals surface area (Å²) in [4.78, 5) is 6.53. The molecule has 242 valence electrons. The highest BCUT2D eigenvalue weighted by atomic mass is 79.9. The summed E-state index contributed by atoms with van der Waals surface area (Å²) in [5.74, 6) is 2.48. The topological polar surface area (TPSA) is 65.0 Å². The van der Waals surface area contributed by atoms with Gasteiger partial charge >= 0.3 is 24.6 Å². The maximum absolute atomic E-state index is 7.38.